The lowest BCUT2D eigenvalue weighted by Gasteiger charge is -2.03. The first-order valence-corrected chi connectivity index (χ1v) is 3.87. The zero-order valence-corrected chi connectivity index (χ0v) is 7.23. The van der Waals surface area contributed by atoms with E-state index in [4.69, 9.17) is 0 Å². The average molecular weight is 196 g/mol. The molecular weight excluding hydrogens is 185 g/mol. The molecule has 76 valence electrons. The van der Waals surface area contributed by atoms with Crippen LogP contribution in [0.2, 0.25) is 0 Å². The summed E-state index contributed by atoms with van der Waals surface area (Å²) >= 11 is 0. The van der Waals surface area contributed by atoms with Crippen LogP contribution in [0.4, 0.5) is 13.2 Å². The Labute approximate surface area is 74.4 Å². The van der Waals surface area contributed by atoms with Gasteiger partial charge in [0.1, 0.15) is 6.61 Å². The second kappa shape index (κ2) is 5.61. The smallest absolute Gasteiger partial charge is 0.455 e. The van der Waals surface area contributed by atoms with Crippen molar-refractivity contribution in [2.24, 2.45) is 0 Å². The van der Waals surface area contributed by atoms with Crippen LogP contribution in [0.3, 0.4) is 0 Å². The number of allylic oxidation sites excluding steroid dienone is 1. The maximum atomic E-state index is 11.5. The molecule has 0 saturated heterocycles. The average Bonchev–Trinajstić information content (AvgIpc) is 2.02. The molecule has 0 unspecified atom stereocenters. The lowest BCUT2D eigenvalue weighted by molar-refractivity contribution is -0.198. The molecule has 0 aliphatic rings. The lowest BCUT2D eigenvalue weighted by Crippen LogP contribution is -2.25. The summed E-state index contributed by atoms with van der Waals surface area (Å²) < 4.78 is 38.5. The highest BCUT2D eigenvalue weighted by atomic mass is 19.4. The molecule has 0 spiro atoms. The Hall–Kier alpha value is -1.00. The predicted octanol–water partition coefficient (Wildman–Crippen LogP) is 2.45. The third kappa shape index (κ3) is 6.19. The van der Waals surface area contributed by atoms with Gasteiger partial charge in [0.2, 0.25) is 0 Å². The number of alkyl halides is 3. The molecule has 0 aromatic rings. The van der Waals surface area contributed by atoms with E-state index in [0.717, 1.165) is 12.8 Å². The van der Waals surface area contributed by atoms with Crippen molar-refractivity contribution in [3.05, 3.63) is 12.2 Å². The number of halogens is 3. The predicted molar refractivity (Wildman–Crippen MR) is 41.1 cm³/mol. The zero-order chi connectivity index (χ0) is 10.3. The molecule has 0 aliphatic heterocycles. The number of hydrogen-bond donors (Lipinski definition) is 0. The summed E-state index contributed by atoms with van der Waals surface area (Å²) in [4.78, 5) is 10.1. The maximum absolute atomic E-state index is 11.5. The SMILES string of the molecule is CCC/C=C/COC(=O)C(F)(F)F. The lowest BCUT2D eigenvalue weighted by atomic mass is 10.3. The molecule has 0 aromatic carbocycles. The molecule has 0 rings (SSSR count). The number of carbonyl (C=O) groups excluding carboxylic acids is 1. The van der Waals surface area contributed by atoms with Gasteiger partial charge in [0.15, 0.2) is 0 Å². The summed E-state index contributed by atoms with van der Waals surface area (Å²) in [5.74, 6) is -2.14. The van der Waals surface area contributed by atoms with Crippen LogP contribution >= 0.6 is 0 Å². The number of esters is 1. The first-order chi connectivity index (χ1) is 5.98. The molecule has 0 radical (unpaired) electrons. The third-order valence-electron chi connectivity index (χ3n) is 1.16. The van der Waals surface area contributed by atoms with E-state index in [1.807, 2.05) is 6.92 Å². The molecule has 2 nitrogen and oxygen atoms in total. The van der Waals surface area contributed by atoms with Gasteiger partial charge >= 0.3 is 12.1 Å². The molecule has 0 aromatic heterocycles. The number of hydrogen-bond acceptors (Lipinski definition) is 2. The third-order valence-corrected chi connectivity index (χ3v) is 1.16. The number of unbranched alkanes of at least 4 members (excludes halogenated alkanes) is 1. The van der Waals surface area contributed by atoms with Gasteiger partial charge in [-0.3, -0.25) is 0 Å². The van der Waals surface area contributed by atoms with Crippen molar-refractivity contribution in [1.82, 2.24) is 0 Å². The molecule has 0 N–H and O–H groups in total. The van der Waals surface area contributed by atoms with Crippen LogP contribution in [-0.2, 0) is 9.53 Å². The summed E-state index contributed by atoms with van der Waals surface area (Å²) in [7, 11) is 0. The summed E-state index contributed by atoms with van der Waals surface area (Å²) in [6, 6.07) is 0. The zero-order valence-electron chi connectivity index (χ0n) is 7.23. The van der Waals surface area contributed by atoms with E-state index in [9.17, 15) is 18.0 Å². The monoisotopic (exact) mass is 196 g/mol. The normalized spacial score (nSPS) is 12.0. The molecule has 13 heavy (non-hydrogen) atoms. The largest absolute Gasteiger partial charge is 0.490 e. The summed E-state index contributed by atoms with van der Waals surface area (Å²) in [5.41, 5.74) is 0. The Morgan fingerprint density at radius 2 is 2.00 bits per heavy atom. The van der Waals surface area contributed by atoms with Gasteiger partial charge in [-0.25, -0.2) is 4.79 Å². The van der Waals surface area contributed by atoms with E-state index < -0.39 is 12.1 Å². The fourth-order valence-corrected chi connectivity index (χ4v) is 0.558. The molecule has 5 heteroatoms. The van der Waals surface area contributed by atoms with Crippen LogP contribution in [0.1, 0.15) is 19.8 Å². The Balaban J connectivity index is 3.60. The Morgan fingerprint density at radius 1 is 1.38 bits per heavy atom. The van der Waals surface area contributed by atoms with Gasteiger partial charge in [0.25, 0.3) is 0 Å². The van der Waals surface area contributed by atoms with Gasteiger partial charge in [-0.2, -0.15) is 13.2 Å². The second-order valence-electron chi connectivity index (χ2n) is 2.36. The van der Waals surface area contributed by atoms with Crippen molar-refractivity contribution in [2.45, 2.75) is 25.9 Å². The molecule has 0 heterocycles. The fourth-order valence-electron chi connectivity index (χ4n) is 0.558. The second-order valence-corrected chi connectivity index (χ2v) is 2.36. The molecule has 0 aliphatic carbocycles. The van der Waals surface area contributed by atoms with Crippen molar-refractivity contribution < 1.29 is 22.7 Å². The Morgan fingerprint density at radius 3 is 2.46 bits per heavy atom. The molecule has 0 fully saturated rings. The summed E-state index contributed by atoms with van der Waals surface area (Å²) in [6.45, 7) is 1.62. The van der Waals surface area contributed by atoms with E-state index in [1.165, 1.54) is 6.08 Å². The van der Waals surface area contributed by atoms with Gasteiger partial charge in [0, 0.05) is 0 Å². The highest BCUT2D eigenvalue weighted by Gasteiger charge is 2.40. The molecular formula is C8H11F3O2. The number of carbonyl (C=O) groups is 1. The van der Waals surface area contributed by atoms with E-state index >= 15 is 0 Å². The van der Waals surface area contributed by atoms with Crippen molar-refractivity contribution in [3.63, 3.8) is 0 Å². The topological polar surface area (TPSA) is 26.3 Å². The van der Waals surface area contributed by atoms with Crippen molar-refractivity contribution in [3.8, 4) is 0 Å². The van der Waals surface area contributed by atoms with Gasteiger partial charge < -0.3 is 4.74 Å². The molecule has 0 bridgehead atoms. The highest BCUT2D eigenvalue weighted by molar-refractivity contribution is 5.75. The van der Waals surface area contributed by atoms with Crippen molar-refractivity contribution >= 4 is 5.97 Å². The molecule has 0 atom stereocenters. The summed E-state index contributed by atoms with van der Waals surface area (Å²) in [5, 5.41) is 0. The minimum absolute atomic E-state index is 0.321. The van der Waals surface area contributed by atoms with Crippen LogP contribution < -0.4 is 0 Å². The Bertz CT molecular complexity index is 184. The van der Waals surface area contributed by atoms with E-state index in [2.05, 4.69) is 4.74 Å². The molecule has 0 saturated carbocycles. The van der Waals surface area contributed by atoms with E-state index in [-0.39, 0.29) is 6.61 Å². The highest BCUT2D eigenvalue weighted by Crippen LogP contribution is 2.16. The van der Waals surface area contributed by atoms with Gasteiger partial charge in [-0.15, -0.1) is 0 Å². The van der Waals surface area contributed by atoms with E-state index in [1.54, 1.807) is 6.08 Å². The van der Waals surface area contributed by atoms with Crippen LogP contribution in [0.25, 0.3) is 0 Å². The fraction of sp³-hybridized carbons (Fsp3) is 0.625. The number of ether oxygens (including phenoxy) is 1. The first-order valence-electron chi connectivity index (χ1n) is 3.87. The van der Waals surface area contributed by atoms with Gasteiger partial charge in [0.05, 0.1) is 0 Å². The van der Waals surface area contributed by atoms with E-state index in [0.29, 0.717) is 0 Å². The quantitative estimate of drug-likeness (QED) is 0.510. The van der Waals surface area contributed by atoms with Gasteiger partial charge in [-0.1, -0.05) is 25.5 Å². The molecule has 0 amide bonds. The number of rotatable bonds is 4. The van der Waals surface area contributed by atoms with Crippen molar-refractivity contribution in [1.29, 1.82) is 0 Å². The minimum atomic E-state index is -4.89. The summed E-state index contributed by atoms with van der Waals surface area (Å²) in [6.07, 6.45) is -0.150. The van der Waals surface area contributed by atoms with Crippen LogP contribution in [-0.4, -0.2) is 18.8 Å². The van der Waals surface area contributed by atoms with Crippen molar-refractivity contribution in [2.75, 3.05) is 6.61 Å². The van der Waals surface area contributed by atoms with Crippen LogP contribution in [0.5, 0.6) is 0 Å². The maximum Gasteiger partial charge on any atom is 0.490 e. The Kier molecular flexibility index (Phi) is 5.18. The standard InChI is InChI=1S/C8H11F3O2/c1-2-3-4-5-6-13-7(12)8(9,10)11/h4-5H,2-3,6H2,1H3/b5-4+. The van der Waals surface area contributed by atoms with Crippen LogP contribution in [0, 0.1) is 0 Å². The minimum Gasteiger partial charge on any atom is -0.455 e. The van der Waals surface area contributed by atoms with Gasteiger partial charge in [-0.05, 0) is 6.42 Å². The van der Waals surface area contributed by atoms with Crippen LogP contribution in [0.15, 0.2) is 12.2 Å². The first kappa shape index (κ1) is 12.0.